The number of hydrogen-bond acceptors (Lipinski definition) is 3. The Morgan fingerprint density at radius 3 is 2.92 bits per heavy atom. The van der Waals surface area contributed by atoms with Gasteiger partial charge in [-0.25, -0.2) is 4.79 Å². The van der Waals surface area contributed by atoms with Crippen LogP contribution in [-0.2, 0) is 14.3 Å². The van der Waals surface area contributed by atoms with Gasteiger partial charge in [0.15, 0.2) is 6.29 Å². The molecule has 4 nitrogen and oxygen atoms in total. The molecule has 1 N–H and O–H groups in total. The Labute approximate surface area is 77.1 Å². The average Bonchev–Trinajstić information content (AvgIpc) is 2.15. The molecule has 0 bridgehead atoms. The van der Waals surface area contributed by atoms with Gasteiger partial charge >= 0.3 is 5.97 Å². The molecule has 0 aromatic rings. The summed E-state index contributed by atoms with van der Waals surface area (Å²) in [5.41, 5.74) is 0.0640. The molecule has 74 valence electrons. The van der Waals surface area contributed by atoms with Crippen molar-refractivity contribution in [2.75, 3.05) is 13.2 Å². The van der Waals surface area contributed by atoms with Crippen LogP contribution in [0.5, 0.6) is 0 Å². The second-order valence-electron chi connectivity index (χ2n) is 3.02. The first-order valence-electron chi connectivity index (χ1n) is 4.34. The summed E-state index contributed by atoms with van der Waals surface area (Å²) in [6, 6.07) is 0. The zero-order chi connectivity index (χ0) is 9.68. The zero-order valence-corrected chi connectivity index (χ0v) is 7.49. The molecule has 1 unspecified atom stereocenters. The van der Waals surface area contributed by atoms with Crippen LogP contribution in [0.4, 0.5) is 0 Å². The molecule has 1 saturated heterocycles. The molecule has 0 aromatic carbocycles. The van der Waals surface area contributed by atoms with Crippen molar-refractivity contribution >= 4 is 5.97 Å². The highest BCUT2D eigenvalue weighted by Gasteiger charge is 2.15. The number of ether oxygens (including phenoxy) is 2. The summed E-state index contributed by atoms with van der Waals surface area (Å²) in [6.07, 6.45) is 2.72. The summed E-state index contributed by atoms with van der Waals surface area (Å²) in [5, 5.41) is 8.49. The predicted molar refractivity (Wildman–Crippen MR) is 46.3 cm³/mol. The molecule has 13 heavy (non-hydrogen) atoms. The summed E-state index contributed by atoms with van der Waals surface area (Å²) in [5.74, 6) is -1.02. The van der Waals surface area contributed by atoms with E-state index < -0.39 is 5.97 Å². The van der Waals surface area contributed by atoms with E-state index in [1.54, 1.807) is 0 Å². The highest BCUT2D eigenvalue weighted by Crippen LogP contribution is 2.14. The smallest absolute Gasteiger partial charge is 0.333 e. The number of hydrogen-bond donors (Lipinski definition) is 1. The lowest BCUT2D eigenvalue weighted by Gasteiger charge is -2.22. The Morgan fingerprint density at radius 1 is 1.62 bits per heavy atom. The third-order valence-electron chi connectivity index (χ3n) is 1.88. The minimum atomic E-state index is -1.02. The van der Waals surface area contributed by atoms with Crippen LogP contribution in [-0.4, -0.2) is 30.6 Å². The lowest BCUT2D eigenvalue weighted by molar-refractivity contribution is -0.159. The summed E-state index contributed by atoms with van der Waals surface area (Å²) < 4.78 is 10.5. The van der Waals surface area contributed by atoms with Crippen molar-refractivity contribution in [1.82, 2.24) is 0 Å². The summed E-state index contributed by atoms with van der Waals surface area (Å²) >= 11 is 0. The topological polar surface area (TPSA) is 55.8 Å². The highest BCUT2D eigenvalue weighted by molar-refractivity contribution is 5.85. The van der Waals surface area contributed by atoms with Crippen LogP contribution in [0.15, 0.2) is 12.2 Å². The third-order valence-corrected chi connectivity index (χ3v) is 1.88. The maximum Gasteiger partial charge on any atom is 0.333 e. The van der Waals surface area contributed by atoms with Crippen LogP contribution in [0.2, 0.25) is 0 Å². The maximum atomic E-state index is 10.4. The molecule has 0 aromatic heterocycles. The number of rotatable bonds is 4. The first-order chi connectivity index (χ1) is 6.20. The Kier molecular flexibility index (Phi) is 3.92. The summed E-state index contributed by atoms with van der Waals surface area (Å²) in [7, 11) is 0. The lowest BCUT2D eigenvalue weighted by Crippen LogP contribution is -2.24. The third kappa shape index (κ3) is 3.57. The quantitative estimate of drug-likeness (QED) is 0.669. The fourth-order valence-electron chi connectivity index (χ4n) is 1.10. The SMILES string of the molecule is C=C(COC1CCCCO1)C(=O)O. The number of carbonyl (C=O) groups is 1. The van der Waals surface area contributed by atoms with Crippen molar-refractivity contribution in [2.24, 2.45) is 0 Å². The van der Waals surface area contributed by atoms with Crippen molar-refractivity contribution in [2.45, 2.75) is 25.6 Å². The minimum Gasteiger partial charge on any atom is -0.478 e. The molecule has 1 fully saturated rings. The van der Waals surface area contributed by atoms with Gasteiger partial charge in [0.1, 0.15) is 0 Å². The van der Waals surface area contributed by atoms with Crippen LogP contribution < -0.4 is 0 Å². The molecule has 1 aliphatic rings. The Balaban J connectivity index is 2.17. The molecule has 0 aliphatic carbocycles. The number of aliphatic carboxylic acids is 1. The van der Waals surface area contributed by atoms with Gasteiger partial charge in [0.2, 0.25) is 0 Å². The first kappa shape index (κ1) is 10.2. The predicted octanol–water partition coefficient (Wildman–Crippen LogP) is 1.17. The monoisotopic (exact) mass is 186 g/mol. The van der Waals surface area contributed by atoms with Crippen molar-refractivity contribution in [1.29, 1.82) is 0 Å². The van der Waals surface area contributed by atoms with E-state index in [1.165, 1.54) is 0 Å². The molecule has 1 aliphatic heterocycles. The van der Waals surface area contributed by atoms with Crippen LogP contribution >= 0.6 is 0 Å². The molecule has 1 rings (SSSR count). The zero-order valence-electron chi connectivity index (χ0n) is 7.49. The van der Waals surface area contributed by atoms with Gasteiger partial charge in [-0.15, -0.1) is 0 Å². The second kappa shape index (κ2) is 4.99. The molecule has 1 atom stereocenters. The molecule has 0 amide bonds. The van der Waals surface area contributed by atoms with Gasteiger partial charge in [0.05, 0.1) is 12.2 Å². The van der Waals surface area contributed by atoms with E-state index in [0.29, 0.717) is 6.61 Å². The van der Waals surface area contributed by atoms with E-state index >= 15 is 0 Å². The van der Waals surface area contributed by atoms with E-state index in [1.807, 2.05) is 0 Å². The Bertz CT molecular complexity index is 194. The molecule has 0 radical (unpaired) electrons. The number of carboxylic acids is 1. The average molecular weight is 186 g/mol. The Hall–Kier alpha value is -0.870. The van der Waals surface area contributed by atoms with E-state index in [2.05, 4.69) is 6.58 Å². The van der Waals surface area contributed by atoms with Crippen molar-refractivity contribution in [3.8, 4) is 0 Å². The largest absolute Gasteiger partial charge is 0.478 e. The number of carboxylic acid groups (broad SMARTS) is 1. The van der Waals surface area contributed by atoms with Crippen molar-refractivity contribution in [3.63, 3.8) is 0 Å². The van der Waals surface area contributed by atoms with Gasteiger partial charge in [0, 0.05) is 6.61 Å². The highest BCUT2D eigenvalue weighted by atomic mass is 16.7. The van der Waals surface area contributed by atoms with Crippen LogP contribution in [0.25, 0.3) is 0 Å². The lowest BCUT2D eigenvalue weighted by atomic mass is 10.2. The van der Waals surface area contributed by atoms with E-state index in [9.17, 15) is 4.79 Å². The van der Waals surface area contributed by atoms with Gasteiger partial charge in [-0.05, 0) is 19.3 Å². The fraction of sp³-hybridized carbons (Fsp3) is 0.667. The van der Waals surface area contributed by atoms with Gasteiger partial charge in [-0.3, -0.25) is 0 Å². The molecule has 4 heteroatoms. The first-order valence-corrected chi connectivity index (χ1v) is 4.34. The molecule has 0 saturated carbocycles. The van der Waals surface area contributed by atoms with Gasteiger partial charge in [-0.2, -0.15) is 0 Å². The van der Waals surface area contributed by atoms with Gasteiger partial charge in [0.25, 0.3) is 0 Å². The summed E-state index contributed by atoms with van der Waals surface area (Å²) in [6.45, 7) is 4.10. The van der Waals surface area contributed by atoms with Crippen molar-refractivity contribution in [3.05, 3.63) is 12.2 Å². The van der Waals surface area contributed by atoms with Crippen LogP contribution in [0.1, 0.15) is 19.3 Å². The minimum absolute atomic E-state index is 0.0417. The van der Waals surface area contributed by atoms with Crippen molar-refractivity contribution < 1.29 is 19.4 Å². The molecule has 0 spiro atoms. The second-order valence-corrected chi connectivity index (χ2v) is 3.02. The maximum absolute atomic E-state index is 10.4. The normalized spacial score (nSPS) is 22.6. The van der Waals surface area contributed by atoms with E-state index in [4.69, 9.17) is 14.6 Å². The van der Waals surface area contributed by atoms with Gasteiger partial charge < -0.3 is 14.6 Å². The molecule has 1 heterocycles. The van der Waals surface area contributed by atoms with Crippen LogP contribution in [0.3, 0.4) is 0 Å². The molecular formula is C9H14O4. The van der Waals surface area contributed by atoms with Gasteiger partial charge in [-0.1, -0.05) is 6.58 Å². The standard InChI is InChI=1S/C9H14O4/c1-7(9(10)11)6-13-8-4-2-3-5-12-8/h8H,1-6H2,(H,10,11). The molecular weight excluding hydrogens is 172 g/mol. The fourth-order valence-corrected chi connectivity index (χ4v) is 1.10. The summed E-state index contributed by atoms with van der Waals surface area (Å²) in [4.78, 5) is 10.4. The van der Waals surface area contributed by atoms with Crippen LogP contribution in [0, 0.1) is 0 Å². The Morgan fingerprint density at radius 2 is 2.38 bits per heavy atom. The van der Waals surface area contributed by atoms with E-state index in [0.717, 1.165) is 19.3 Å². The van der Waals surface area contributed by atoms with E-state index in [-0.39, 0.29) is 18.5 Å².